The topological polar surface area (TPSA) is 20.2 Å². The van der Waals surface area contributed by atoms with Crippen molar-refractivity contribution in [1.29, 1.82) is 0 Å². The third-order valence-electron chi connectivity index (χ3n) is 1.19. The maximum Gasteiger partial charge on any atom is 0.100 e. The molecule has 0 spiro atoms. The molecule has 1 atom stereocenters. The van der Waals surface area contributed by atoms with E-state index < -0.39 is 6.10 Å². The number of aliphatic hydroxyl groups excluding tert-OH is 1. The predicted molar refractivity (Wildman–Crippen MR) is 39.1 cm³/mol. The van der Waals surface area contributed by atoms with Crippen LogP contribution < -0.4 is 0 Å². The molecule has 9 heavy (non-hydrogen) atoms. The summed E-state index contributed by atoms with van der Waals surface area (Å²) in [6, 6.07) is 0. The molecule has 0 radical (unpaired) electrons. The third-order valence-corrected chi connectivity index (χ3v) is 1.19. The smallest absolute Gasteiger partial charge is 0.100 e. The molecule has 0 aromatic rings. The second-order valence-corrected chi connectivity index (χ2v) is 1.74. The standard InChI is InChI=1S/C8H12O/c1-4-7(5-2)8(9)6-3/h6,8-9H,1,3,5H2,2H3. The van der Waals surface area contributed by atoms with E-state index in [0.717, 1.165) is 12.0 Å². The molecule has 0 aliphatic carbocycles. The van der Waals surface area contributed by atoms with Crippen LogP contribution in [0, 0.1) is 0 Å². The fraction of sp³-hybridized carbons (Fsp3) is 0.375. The first-order valence-electron chi connectivity index (χ1n) is 2.95. The molecule has 0 saturated heterocycles. The summed E-state index contributed by atoms with van der Waals surface area (Å²) in [6.45, 7) is 8.81. The van der Waals surface area contributed by atoms with Gasteiger partial charge < -0.3 is 5.11 Å². The quantitative estimate of drug-likeness (QED) is 0.448. The summed E-state index contributed by atoms with van der Waals surface area (Å²) in [5.41, 5.74) is 3.44. The van der Waals surface area contributed by atoms with E-state index >= 15 is 0 Å². The zero-order chi connectivity index (χ0) is 7.28. The fourth-order valence-corrected chi connectivity index (χ4v) is 0.581. The van der Waals surface area contributed by atoms with Crippen LogP contribution >= 0.6 is 0 Å². The van der Waals surface area contributed by atoms with Gasteiger partial charge in [-0.3, -0.25) is 0 Å². The number of aliphatic hydroxyl groups is 1. The molecule has 0 aliphatic heterocycles. The van der Waals surface area contributed by atoms with E-state index in [4.69, 9.17) is 5.11 Å². The summed E-state index contributed by atoms with van der Waals surface area (Å²) in [4.78, 5) is 0. The minimum atomic E-state index is -0.563. The second-order valence-electron chi connectivity index (χ2n) is 1.74. The summed E-state index contributed by atoms with van der Waals surface area (Å²) in [5, 5.41) is 9.06. The van der Waals surface area contributed by atoms with E-state index in [1.165, 1.54) is 6.08 Å². The van der Waals surface area contributed by atoms with Crippen LogP contribution in [0.15, 0.2) is 30.5 Å². The summed E-state index contributed by atoms with van der Waals surface area (Å²) in [6.07, 6.45) is 1.68. The van der Waals surface area contributed by atoms with Crippen molar-refractivity contribution in [3.63, 3.8) is 0 Å². The Morgan fingerprint density at radius 1 is 1.89 bits per heavy atom. The second kappa shape index (κ2) is 4.13. The number of hydrogen-bond donors (Lipinski definition) is 1. The van der Waals surface area contributed by atoms with Gasteiger partial charge in [0.2, 0.25) is 0 Å². The van der Waals surface area contributed by atoms with Crippen LogP contribution in [-0.2, 0) is 0 Å². The molecular formula is C8H12O. The Hall–Kier alpha value is -0.780. The number of hydrogen-bond acceptors (Lipinski definition) is 1. The lowest BCUT2D eigenvalue weighted by Crippen LogP contribution is -2.03. The van der Waals surface area contributed by atoms with Crippen molar-refractivity contribution in [2.45, 2.75) is 19.4 Å². The van der Waals surface area contributed by atoms with Crippen LogP contribution in [0.3, 0.4) is 0 Å². The largest absolute Gasteiger partial charge is 0.384 e. The normalized spacial score (nSPS) is 11.8. The Morgan fingerprint density at radius 2 is 2.44 bits per heavy atom. The van der Waals surface area contributed by atoms with Crippen molar-refractivity contribution in [2.24, 2.45) is 0 Å². The van der Waals surface area contributed by atoms with Gasteiger partial charge in [0.05, 0.1) is 0 Å². The minimum Gasteiger partial charge on any atom is -0.384 e. The van der Waals surface area contributed by atoms with Gasteiger partial charge >= 0.3 is 0 Å². The average Bonchev–Trinajstić information content (AvgIpc) is 1.90. The van der Waals surface area contributed by atoms with Crippen LogP contribution in [0.5, 0.6) is 0 Å². The first-order chi connectivity index (χ1) is 4.26. The molecule has 0 aliphatic rings. The lowest BCUT2D eigenvalue weighted by Gasteiger charge is -2.03. The van der Waals surface area contributed by atoms with Crippen LogP contribution in [0.25, 0.3) is 0 Å². The molecule has 0 rings (SSSR count). The first-order valence-corrected chi connectivity index (χ1v) is 2.95. The molecule has 0 aromatic heterocycles. The molecule has 1 unspecified atom stereocenters. The maximum atomic E-state index is 9.06. The minimum absolute atomic E-state index is 0.563. The number of rotatable bonds is 3. The summed E-state index contributed by atoms with van der Waals surface area (Å²) in [7, 11) is 0. The Kier molecular flexibility index (Phi) is 3.78. The van der Waals surface area contributed by atoms with E-state index in [-0.39, 0.29) is 0 Å². The van der Waals surface area contributed by atoms with Gasteiger partial charge in [-0.2, -0.15) is 0 Å². The van der Waals surface area contributed by atoms with Gasteiger partial charge in [-0.1, -0.05) is 19.6 Å². The fourth-order valence-electron chi connectivity index (χ4n) is 0.581. The molecule has 50 valence electrons. The monoisotopic (exact) mass is 124 g/mol. The van der Waals surface area contributed by atoms with E-state index in [1.54, 1.807) is 0 Å². The summed E-state index contributed by atoms with van der Waals surface area (Å²) < 4.78 is 0. The average molecular weight is 124 g/mol. The molecule has 0 bridgehead atoms. The molecule has 0 amide bonds. The lowest BCUT2D eigenvalue weighted by atomic mass is 10.1. The third kappa shape index (κ3) is 2.31. The molecule has 1 N–H and O–H groups in total. The SMILES string of the molecule is C=C=C(CC)C(O)C=C. The molecule has 0 heterocycles. The molecule has 0 aromatic carbocycles. The Balaban J connectivity index is 4.12. The highest BCUT2D eigenvalue weighted by molar-refractivity contribution is 5.10. The van der Waals surface area contributed by atoms with Crippen LogP contribution in [-0.4, -0.2) is 11.2 Å². The van der Waals surface area contributed by atoms with Crippen molar-refractivity contribution < 1.29 is 5.11 Å². The van der Waals surface area contributed by atoms with Gasteiger partial charge in [0.1, 0.15) is 6.10 Å². The Morgan fingerprint density at radius 3 is 2.56 bits per heavy atom. The van der Waals surface area contributed by atoms with Gasteiger partial charge in [-0.15, -0.1) is 12.3 Å². The van der Waals surface area contributed by atoms with Gasteiger partial charge in [-0.05, 0) is 6.42 Å². The van der Waals surface area contributed by atoms with Crippen molar-refractivity contribution in [1.82, 2.24) is 0 Å². The molecule has 1 heteroatoms. The predicted octanol–water partition coefficient (Wildman–Crippen LogP) is 1.65. The zero-order valence-electron chi connectivity index (χ0n) is 5.72. The van der Waals surface area contributed by atoms with E-state index in [2.05, 4.69) is 18.9 Å². The van der Waals surface area contributed by atoms with Gasteiger partial charge in [0.15, 0.2) is 0 Å². The van der Waals surface area contributed by atoms with Gasteiger partial charge in [-0.25, -0.2) is 0 Å². The molecule has 0 saturated carbocycles. The van der Waals surface area contributed by atoms with E-state index in [0.29, 0.717) is 0 Å². The lowest BCUT2D eigenvalue weighted by molar-refractivity contribution is 0.256. The Labute approximate surface area is 56.0 Å². The van der Waals surface area contributed by atoms with Crippen LogP contribution in [0.4, 0.5) is 0 Å². The van der Waals surface area contributed by atoms with Crippen molar-refractivity contribution in [3.05, 3.63) is 30.5 Å². The summed E-state index contributed by atoms with van der Waals surface area (Å²) in [5.74, 6) is 0. The zero-order valence-corrected chi connectivity index (χ0v) is 5.72. The highest BCUT2D eigenvalue weighted by Gasteiger charge is 2.00. The Bertz CT molecular complexity index is 141. The molecule has 0 fully saturated rings. The van der Waals surface area contributed by atoms with Gasteiger partial charge in [0, 0.05) is 5.57 Å². The highest BCUT2D eigenvalue weighted by Crippen LogP contribution is 2.04. The molecular weight excluding hydrogens is 112 g/mol. The van der Waals surface area contributed by atoms with Crippen molar-refractivity contribution in [2.75, 3.05) is 0 Å². The first kappa shape index (κ1) is 8.22. The maximum absolute atomic E-state index is 9.06. The van der Waals surface area contributed by atoms with Crippen molar-refractivity contribution >= 4 is 0 Å². The molecule has 1 nitrogen and oxygen atoms in total. The van der Waals surface area contributed by atoms with Crippen molar-refractivity contribution in [3.8, 4) is 0 Å². The highest BCUT2D eigenvalue weighted by atomic mass is 16.3. The van der Waals surface area contributed by atoms with Crippen LogP contribution in [0.2, 0.25) is 0 Å². The van der Waals surface area contributed by atoms with E-state index in [9.17, 15) is 0 Å². The van der Waals surface area contributed by atoms with Gasteiger partial charge in [0.25, 0.3) is 0 Å². The summed E-state index contributed by atoms with van der Waals surface area (Å²) >= 11 is 0. The van der Waals surface area contributed by atoms with E-state index in [1.807, 2.05) is 6.92 Å². The van der Waals surface area contributed by atoms with Crippen LogP contribution in [0.1, 0.15) is 13.3 Å².